The van der Waals surface area contributed by atoms with Gasteiger partial charge in [-0.1, -0.05) is 391 Å². The molecule has 0 aromatic rings. The Morgan fingerprint density at radius 2 is 0.560 bits per heavy atom. The molecule has 3 N–H and O–H groups in total. The number of nitrogens with one attached hydrogen (secondary N) is 1. The summed E-state index contributed by atoms with van der Waals surface area (Å²) in [6.45, 7) is 4.95. The molecule has 6 nitrogen and oxygen atoms in total. The van der Waals surface area contributed by atoms with Crippen LogP contribution >= 0.6 is 0 Å². The molecule has 84 heavy (non-hydrogen) atoms. The summed E-state index contributed by atoms with van der Waals surface area (Å²) in [7, 11) is 0. The zero-order chi connectivity index (χ0) is 60.6. The van der Waals surface area contributed by atoms with Gasteiger partial charge in [0.05, 0.1) is 25.4 Å². The average Bonchev–Trinajstić information content (AvgIpc) is 3.50. The van der Waals surface area contributed by atoms with Crippen LogP contribution in [-0.2, 0) is 14.3 Å². The highest BCUT2D eigenvalue weighted by atomic mass is 16.5. The second-order valence-electron chi connectivity index (χ2n) is 26.7. The van der Waals surface area contributed by atoms with Crippen LogP contribution in [0.15, 0.2) is 24.3 Å². The van der Waals surface area contributed by atoms with Crippen molar-refractivity contribution in [1.29, 1.82) is 0 Å². The van der Waals surface area contributed by atoms with Crippen LogP contribution in [0.25, 0.3) is 0 Å². The number of allylic oxidation sites excluding steroid dienone is 3. The molecular weight excluding hydrogens is 1030 g/mol. The molecule has 6 heteroatoms. The van der Waals surface area contributed by atoms with Crippen molar-refractivity contribution in [3.8, 4) is 0 Å². The predicted molar refractivity (Wildman–Crippen MR) is 370 cm³/mol. The Balaban J connectivity index is 3.35. The molecule has 498 valence electrons. The van der Waals surface area contributed by atoms with Gasteiger partial charge >= 0.3 is 5.97 Å². The summed E-state index contributed by atoms with van der Waals surface area (Å²) in [6.07, 6.45) is 94.4. The Hall–Kier alpha value is -1.66. The Kier molecular flexibility index (Phi) is 72.3. The number of esters is 1. The molecule has 0 radical (unpaired) electrons. The first-order chi connectivity index (χ1) is 41.5. The zero-order valence-corrected chi connectivity index (χ0v) is 57.2. The van der Waals surface area contributed by atoms with Gasteiger partial charge in [-0.05, 0) is 57.8 Å². The number of carbonyl (C=O) groups is 2. The van der Waals surface area contributed by atoms with Gasteiger partial charge < -0.3 is 20.3 Å². The minimum Gasteiger partial charge on any atom is -0.466 e. The molecule has 0 bridgehead atoms. The number of carbonyl (C=O) groups excluding carboxylic acids is 2. The zero-order valence-electron chi connectivity index (χ0n) is 57.2. The predicted octanol–water partition coefficient (Wildman–Crippen LogP) is 25.3. The number of unbranched alkanes of at least 4 members (excludes halogenated alkanes) is 60. The van der Waals surface area contributed by atoms with E-state index in [4.69, 9.17) is 4.74 Å². The van der Waals surface area contributed by atoms with E-state index in [9.17, 15) is 19.8 Å². The lowest BCUT2D eigenvalue weighted by Crippen LogP contribution is -2.45. The van der Waals surface area contributed by atoms with E-state index in [1.807, 2.05) is 6.08 Å². The summed E-state index contributed by atoms with van der Waals surface area (Å²) in [5, 5.41) is 23.3. The highest BCUT2D eigenvalue weighted by Crippen LogP contribution is 2.20. The van der Waals surface area contributed by atoms with Crippen LogP contribution in [0, 0.1) is 0 Å². The first kappa shape index (κ1) is 82.3. The van der Waals surface area contributed by atoms with E-state index in [0.717, 1.165) is 38.5 Å². The van der Waals surface area contributed by atoms with Gasteiger partial charge in [0.1, 0.15) is 0 Å². The monoisotopic (exact) mass is 1180 g/mol. The van der Waals surface area contributed by atoms with Crippen LogP contribution in [0.2, 0.25) is 0 Å². The number of rotatable bonds is 73. The summed E-state index contributed by atoms with van der Waals surface area (Å²) in [4.78, 5) is 24.5. The second-order valence-corrected chi connectivity index (χ2v) is 26.7. The van der Waals surface area contributed by atoms with Gasteiger partial charge in [-0.3, -0.25) is 9.59 Å². The Labute approximate surface area is 526 Å². The molecule has 0 aliphatic rings. The topological polar surface area (TPSA) is 95.9 Å². The maximum absolute atomic E-state index is 12.5. The van der Waals surface area contributed by atoms with E-state index >= 15 is 0 Å². The lowest BCUT2D eigenvalue weighted by Gasteiger charge is -2.20. The fraction of sp³-hybridized carbons (Fsp3) is 0.923. The average molecular weight is 1180 g/mol. The maximum atomic E-state index is 12.5. The molecule has 1 amide bonds. The smallest absolute Gasteiger partial charge is 0.305 e. The largest absolute Gasteiger partial charge is 0.466 e. The van der Waals surface area contributed by atoms with Gasteiger partial charge in [-0.25, -0.2) is 0 Å². The quantitative estimate of drug-likeness (QED) is 0.0320. The molecule has 0 rings (SSSR count). The Morgan fingerprint density at radius 1 is 0.321 bits per heavy atom. The molecule has 0 spiro atoms. The lowest BCUT2D eigenvalue weighted by atomic mass is 10.0. The highest BCUT2D eigenvalue weighted by Gasteiger charge is 2.18. The Morgan fingerprint density at radius 3 is 0.845 bits per heavy atom. The molecule has 2 atom stereocenters. The van der Waals surface area contributed by atoms with Gasteiger partial charge in [0.2, 0.25) is 5.91 Å². The molecular formula is C78H151NO5. The van der Waals surface area contributed by atoms with Crippen molar-refractivity contribution >= 4 is 11.9 Å². The lowest BCUT2D eigenvalue weighted by molar-refractivity contribution is -0.143. The minimum absolute atomic E-state index is 0.0217. The normalized spacial score (nSPS) is 12.6. The van der Waals surface area contributed by atoms with Crippen molar-refractivity contribution in [3.05, 3.63) is 24.3 Å². The molecule has 0 aliphatic heterocycles. The third kappa shape index (κ3) is 69.4. The van der Waals surface area contributed by atoms with Crippen molar-refractivity contribution < 1.29 is 24.5 Å². The van der Waals surface area contributed by atoms with Gasteiger partial charge in [0, 0.05) is 12.8 Å². The third-order valence-electron chi connectivity index (χ3n) is 18.2. The molecule has 0 fully saturated rings. The van der Waals surface area contributed by atoms with E-state index in [0.29, 0.717) is 19.4 Å². The number of aliphatic hydroxyl groups is 2. The van der Waals surface area contributed by atoms with Gasteiger partial charge in [0.15, 0.2) is 0 Å². The van der Waals surface area contributed by atoms with Crippen LogP contribution in [0.3, 0.4) is 0 Å². The highest BCUT2D eigenvalue weighted by molar-refractivity contribution is 5.76. The second kappa shape index (κ2) is 73.8. The number of ether oxygens (including phenoxy) is 1. The molecule has 0 saturated carbocycles. The molecule has 0 aromatic heterocycles. The molecule has 0 heterocycles. The summed E-state index contributed by atoms with van der Waals surface area (Å²) >= 11 is 0. The SMILES string of the molecule is CCCCCCCCCCCCCCCCCCC/C=C/C(O)C(CO)NC(=O)CCCCCCCCCCCCCCCCCCC/C=C\CCCCCCCCCCCCCCCCCCOC(=O)CCCCCCCCCCCCC. The molecule has 0 saturated heterocycles. The minimum atomic E-state index is -0.842. The summed E-state index contributed by atoms with van der Waals surface area (Å²) < 4.78 is 5.48. The fourth-order valence-electron chi connectivity index (χ4n) is 12.3. The van der Waals surface area contributed by atoms with Gasteiger partial charge in [0.25, 0.3) is 0 Å². The summed E-state index contributed by atoms with van der Waals surface area (Å²) in [5.74, 6) is -0.0381. The fourth-order valence-corrected chi connectivity index (χ4v) is 12.3. The van der Waals surface area contributed by atoms with Crippen molar-refractivity contribution in [3.63, 3.8) is 0 Å². The van der Waals surface area contributed by atoms with Crippen LogP contribution in [0.4, 0.5) is 0 Å². The van der Waals surface area contributed by atoms with Gasteiger partial charge in [-0.2, -0.15) is 0 Å². The Bertz CT molecular complexity index is 1320. The molecule has 0 aromatic carbocycles. The standard InChI is InChI=1S/C78H151NO5/c1-3-5-7-9-11-13-15-16-17-18-38-41-44-47-51-54-58-62-66-70-76(81)75(74-80)79-77(82)71-67-63-59-55-52-48-45-42-39-36-34-32-30-28-26-24-22-20-19-21-23-25-27-29-31-33-35-37-40-43-46-49-53-57-61-65-69-73-84-78(83)72-68-64-60-56-50-14-12-10-8-6-4-2/h19,21,66,70,75-76,80-81H,3-18,20,22-65,67-69,71-74H2,1-2H3,(H,79,82)/b21-19-,70-66+. The van der Waals surface area contributed by atoms with E-state index in [-0.39, 0.29) is 18.5 Å². The number of hydrogen-bond donors (Lipinski definition) is 3. The van der Waals surface area contributed by atoms with Crippen molar-refractivity contribution in [2.75, 3.05) is 13.2 Å². The molecule has 2 unspecified atom stereocenters. The van der Waals surface area contributed by atoms with E-state index < -0.39 is 12.1 Å². The van der Waals surface area contributed by atoms with Crippen LogP contribution in [-0.4, -0.2) is 47.4 Å². The van der Waals surface area contributed by atoms with Crippen molar-refractivity contribution in [2.24, 2.45) is 0 Å². The first-order valence-electron chi connectivity index (χ1n) is 38.6. The summed E-state index contributed by atoms with van der Waals surface area (Å²) in [5.41, 5.74) is 0. The van der Waals surface area contributed by atoms with E-state index in [1.165, 1.54) is 372 Å². The van der Waals surface area contributed by atoms with E-state index in [1.54, 1.807) is 6.08 Å². The molecule has 0 aliphatic carbocycles. The summed E-state index contributed by atoms with van der Waals surface area (Å²) in [6, 6.07) is -0.625. The van der Waals surface area contributed by atoms with Crippen LogP contribution in [0.5, 0.6) is 0 Å². The first-order valence-corrected chi connectivity index (χ1v) is 38.6. The van der Waals surface area contributed by atoms with Crippen molar-refractivity contribution in [2.45, 2.75) is 450 Å². The third-order valence-corrected chi connectivity index (χ3v) is 18.2. The van der Waals surface area contributed by atoms with Gasteiger partial charge in [-0.15, -0.1) is 0 Å². The maximum Gasteiger partial charge on any atom is 0.305 e. The van der Waals surface area contributed by atoms with Crippen LogP contribution < -0.4 is 5.32 Å². The van der Waals surface area contributed by atoms with Crippen molar-refractivity contribution in [1.82, 2.24) is 5.32 Å². The van der Waals surface area contributed by atoms with Crippen LogP contribution in [0.1, 0.15) is 438 Å². The number of hydrogen-bond acceptors (Lipinski definition) is 5. The number of aliphatic hydroxyl groups excluding tert-OH is 2. The number of amides is 1. The van der Waals surface area contributed by atoms with E-state index in [2.05, 4.69) is 31.3 Å².